The molecule has 0 fully saturated rings. The molecular weight excluding hydrogens is 219 g/mol. The van der Waals surface area contributed by atoms with Gasteiger partial charge in [0.15, 0.2) is 6.04 Å². The number of fused-ring (bicyclic) bond motifs is 1. The average Bonchev–Trinajstić information content (AvgIpc) is 2.42. The molecule has 0 radical (unpaired) electrons. The Morgan fingerprint density at radius 1 is 1.38 bits per heavy atom. The Balaban J connectivity index is 2.50. The molecule has 3 nitrogen and oxygen atoms in total. The van der Waals surface area contributed by atoms with Crippen molar-refractivity contribution in [2.24, 2.45) is 0 Å². The van der Waals surface area contributed by atoms with Crippen LogP contribution in [0.25, 0.3) is 0 Å². The molecule has 6 heteroatoms. The molecule has 0 bridgehead atoms. The lowest BCUT2D eigenvalue weighted by Crippen LogP contribution is -2.38. The third kappa shape index (κ3) is 1.66. The lowest BCUT2D eigenvalue weighted by molar-refractivity contribution is -0.173. The van der Waals surface area contributed by atoms with Crippen LogP contribution in [-0.2, 0) is 0 Å². The molecule has 1 N–H and O–H groups in total. The van der Waals surface area contributed by atoms with Crippen LogP contribution in [0.5, 0.6) is 0 Å². The Bertz CT molecular complexity index is 408. The molecule has 0 saturated heterocycles. The van der Waals surface area contributed by atoms with Crippen molar-refractivity contribution in [1.82, 2.24) is 9.78 Å². The maximum absolute atomic E-state index is 12.8. The molecule has 90 valence electrons. The highest BCUT2D eigenvalue weighted by atomic mass is 19.4. The van der Waals surface area contributed by atoms with Gasteiger partial charge in [0.05, 0.1) is 5.69 Å². The molecule has 2 atom stereocenters. The summed E-state index contributed by atoms with van der Waals surface area (Å²) >= 11 is 0. The summed E-state index contributed by atoms with van der Waals surface area (Å²) in [5.41, 5.74) is 1.44. The molecule has 16 heavy (non-hydrogen) atoms. The van der Waals surface area contributed by atoms with Crippen molar-refractivity contribution < 1.29 is 13.2 Å². The van der Waals surface area contributed by atoms with Crippen molar-refractivity contribution in [3.63, 3.8) is 0 Å². The van der Waals surface area contributed by atoms with Crippen molar-refractivity contribution in [1.29, 1.82) is 0 Å². The van der Waals surface area contributed by atoms with E-state index in [-0.39, 0.29) is 12.5 Å². The molecule has 1 aliphatic heterocycles. The summed E-state index contributed by atoms with van der Waals surface area (Å²) in [6.45, 7) is 5.26. The maximum atomic E-state index is 12.8. The number of nitrogens with zero attached hydrogens (tertiary/aromatic N) is 2. The first-order valence-electron chi connectivity index (χ1n) is 5.19. The van der Waals surface area contributed by atoms with Gasteiger partial charge in [0.1, 0.15) is 5.82 Å². The van der Waals surface area contributed by atoms with Gasteiger partial charge in [-0.25, -0.2) is 4.68 Å². The van der Waals surface area contributed by atoms with Crippen molar-refractivity contribution >= 4 is 5.82 Å². The van der Waals surface area contributed by atoms with Gasteiger partial charge in [-0.15, -0.1) is 0 Å². The van der Waals surface area contributed by atoms with Crippen LogP contribution in [0.3, 0.4) is 0 Å². The van der Waals surface area contributed by atoms with Crippen molar-refractivity contribution in [2.45, 2.75) is 45.5 Å². The highest BCUT2D eigenvalue weighted by Gasteiger charge is 2.45. The first kappa shape index (κ1) is 11.3. The normalized spacial score (nSPS) is 25.1. The van der Waals surface area contributed by atoms with Gasteiger partial charge in [-0.3, -0.25) is 0 Å². The van der Waals surface area contributed by atoms with E-state index in [1.807, 2.05) is 0 Å². The Morgan fingerprint density at radius 2 is 2.00 bits per heavy atom. The number of halogens is 3. The van der Waals surface area contributed by atoms with Gasteiger partial charge in [0, 0.05) is 11.6 Å². The van der Waals surface area contributed by atoms with Crippen LogP contribution in [0.4, 0.5) is 19.0 Å². The topological polar surface area (TPSA) is 29.9 Å². The van der Waals surface area contributed by atoms with Gasteiger partial charge < -0.3 is 5.32 Å². The highest BCUT2D eigenvalue weighted by molar-refractivity contribution is 5.49. The van der Waals surface area contributed by atoms with Crippen LogP contribution >= 0.6 is 0 Å². The summed E-state index contributed by atoms with van der Waals surface area (Å²) in [6.07, 6.45) is -4.22. The number of alkyl halides is 3. The Kier molecular flexibility index (Phi) is 2.40. The number of aryl methyl sites for hydroxylation is 1. The number of hydrogen-bond acceptors (Lipinski definition) is 2. The van der Waals surface area contributed by atoms with Crippen LogP contribution < -0.4 is 5.32 Å². The lowest BCUT2D eigenvalue weighted by Gasteiger charge is -2.31. The SMILES string of the molecule is Cc1nn2c(c1C)NC(C)CC2C(F)(F)F. The zero-order valence-corrected chi connectivity index (χ0v) is 9.39. The second-order valence-corrected chi connectivity index (χ2v) is 4.34. The van der Waals surface area contributed by atoms with E-state index >= 15 is 0 Å². The summed E-state index contributed by atoms with van der Waals surface area (Å²) in [4.78, 5) is 0. The summed E-state index contributed by atoms with van der Waals surface area (Å²) in [5, 5.41) is 7.02. The quantitative estimate of drug-likeness (QED) is 0.746. The van der Waals surface area contributed by atoms with Gasteiger partial charge in [-0.2, -0.15) is 18.3 Å². The summed E-state index contributed by atoms with van der Waals surface area (Å²) in [7, 11) is 0. The zero-order chi connectivity index (χ0) is 12.1. The summed E-state index contributed by atoms with van der Waals surface area (Å²) in [5.74, 6) is 0.499. The minimum absolute atomic E-state index is 0.0249. The van der Waals surface area contributed by atoms with Gasteiger partial charge in [0.25, 0.3) is 0 Å². The molecule has 0 saturated carbocycles. The fraction of sp³-hybridized carbons (Fsp3) is 0.700. The number of aromatic nitrogens is 2. The first-order chi connectivity index (χ1) is 7.30. The van der Waals surface area contributed by atoms with E-state index in [1.165, 1.54) is 0 Å². The van der Waals surface area contributed by atoms with E-state index in [1.54, 1.807) is 20.8 Å². The predicted octanol–water partition coefficient (Wildman–Crippen LogP) is 2.81. The molecule has 0 spiro atoms. The van der Waals surface area contributed by atoms with E-state index in [0.717, 1.165) is 10.2 Å². The number of nitrogens with one attached hydrogen (secondary N) is 1. The average molecular weight is 233 g/mol. The van der Waals surface area contributed by atoms with Crippen LogP contribution in [0.15, 0.2) is 0 Å². The molecular formula is C10H14F3N3. The number of hydrogen-bond donors (Lipinski definition) is 1. The standard InChI is InChI=1S/C10H14F3N3/c1-5-4-8(10(11,12)13)16-9(14-5)6(2)7(3)15-16/h5,8,14H,4H2,1-3H3. The van der Waals surface area contributed by atoms with Crippen LogP contribution in [0, 0.1) is 13.8 Å². The molecule has 2 rings (SSSR count). The minimum atomic E-state index is -4.24. The van der Waals surface area contributed by atoms with E-state index in [2.05, 4.69) is 10.4 Å². The molecule has 2 unspecified atom stereocenters. The monoisotopic (exact) mass is 233 g/mol. The van der Waals surface area contributed by atoms with Gasteiger partial charge >= 0.3 is 6.18 Å². The van der Waals surface area contributed by atoms with Gasteiger partial charge in [0.2, 0.25) is 0 Å². The highest BCUT2D eigenvalue weighted by Crippen LogP contribution is 2.40. The summed E-state index contributed by atoms with van der Waals surface area (Å²) < 4.78 is 39.6. The fourth-order valence-electron chi connectivity index (χ4n) is 2.03. The second-order valence-electron chi connectivity index (χ2n) is 4.34. The van der Waals surface area contributed by atoms with Crippen LogP contribution in [-0.4, -0.2) is 22.0 Å². The van der Waals surface area contributed by atoms with E-state index < -0.39 is 12.2 Å². The smallest absolute Gasteiger partial charge is 0.367 e. The van der Waals surface area contributed by atoms with Gasteiger partial charge in [-0.1, -0.05) is 0 Å². The molecule has 1 aliphatic rings. The van der Waals surface area contributed by atoms with Crippen molar-refractivity contribution in [3.8, 4) is 0 Å². The number of rotatable bonds is 0. The fourth-order valence-corrected chi connectivity index (χ4v) is 2.03. The minimum Gasteiger partial charge on any atom is -0.367 e. The zero-order valence-electron chi connectivity index (χ0n) is 9.39. The molecule has 1 aromatic rings. The molecule has 0 amide bonds. The largest absolute Gasteiger partial charge is 0.410 e. The molecule has 1 aromatic heterocycles. The van der Waals surface area contributed by atoms with Crippen LogP contribution in [0.1, 0.15) is 30.6 Å². The predicted molar refractivity (Wildman–Crippen MR) is 54.5 cm³/mol. The number of anilines is 1. The third-order valence-corrected chi connectivity index (χ3v) is 3.02. The van der Waals surface area contributed by atoms with Crippen LogP contribution in [0.2, 0.25) is 0 Å². The first-order valence-corrected chi connectivity index (χ1v) is 5.19. The van der Waals surface area contributed by atoms with E-state index in [9.17, 15) is 13.2 Å². The lowest BCUT2D eigenvalue weighted by atomic mass is 10.1. The Labute approximate surface area is 91.6 Å². The second kappa shape index (κ2) is 3.40. The van der Waals surface area contributed by atoms with Crippen molar-refractivity contribution in [3.05, 3.63) is 11.3 Å². The maximum Gasteiger partial charge on any atom is 0.410 e. The Morgan fingerprint density at radius 3 is 2.56 bits per heavy atom. The van der Waals surface area contributed by atoms with E-state index in [0.29, 0.717) is 11.5 Å². The molecule has 0 aliphatic carbocycles. The molecule has 2 heterocycles. The van der Waals surface area contributed by atoms with Crippen molar-refractivity contribution in [2.75, 3.05) is 5.32 Å². The third-order valence-electron chi connectivity index (χ3n) is 3.02. The Hall–Kier alpha value is -1.20. The molecule has 0 aromatic carbocycles. The van der Waals surface area contributed by atoms with Gasteiger partial charge in [-0.05, 0) is 27.2 Å². The summed E-state index contributed by atoms with van der Waals surface area (Å²) in [6, 6.07) is -1.69. The van der Waals surface area contributed by atoms with E-state index in [4.69, 9.17) is 0 Å².